The molecule has 0 bridgehead atoms. The van der Waals surface area contributed by atoms with Crippen molar-refractivity contribution in [2.24, 2.45) is 23.5 Å². The van der Waals surface area contributed by atoms with Crippen LogP contribution in [0.2, 0.25) is 0 Å². The number of halogens is 3. The zero-order valence-electron chi connectivity index (χ0n) is 45.6. The van der Waals surface area contributed by atoms with E-state index in [1.54, 1.807) is 36.7 Å². The molecule has 4 aliphatic heterocycles. The quantitative estimate of drug-likeness (QED) is 0.0399. The number of ether oxygens (including phenoxy) is 2. The summed E-state index contributed by atoms with van der Waals surface area (Å²) in [4.78, 5) is 112. The molecule has 4 aromatic rings. The summed E-state index contributed by atoms with van der Waals surface area (Å²) in [5, 5.41) is 22.5. The number of rotatable bonds is 24. The Labute approximate surface area is 472 Å². The van der Waals surface area contributed by atoms with Gasteiger partial charge in [0.15, 0.2) is 6.10 Å². The monoisotopic (exact) mass is 1140 g/mol. The number of fused-ring (bicyclic) bond motifs is 1. The molecule has 24 heteroatoms. The molecule has 0 saturated carbocycles. The van der Waals surface area contributed by atoms with Crippen LogP contribution in [0.15, 0.2) is 91.1 Å². The normalized spacial score (nSPS) is 20.1. The topological polar surface area (TPSA) is 277 Å². The molecule has 3 saturated heterocycles. The van der Waals surface area contributed by atoms with Gasteiger partial charge in [-0.2, -0.15) is 0 Å². The number of amides is 9. The van der Waals surface area contributed by atoms with Crippen LogP contribution in [0.3, 0.4) is 0 Å². The number of carbonyl (C=O) groups is 8. The van der Waals surface area contributed by atoms with E-state index < -0.39 is 96.3 Å². The average molecular weight is 1140 g/mol. The minimum Gasteiger partial charge on any atom is -0.445 e. The molecular weight excluding hydrogens is 1070 g/mol. The predicted molar refractivity (Wildman–Crippen MR) is 291 cm³/mol. The number of likely N-dealkylation sites (tertiary alicyclic amines) is 2. The fourth-order valence-corrected chi connectivity index (χ4v) is 11.0. The van der Waals surface area contributed by atoms with Crippen molar-refractivity contribution in [3.05, 3.63) is 120 Å². The van der Waals surface area contributed by atoms with Crippen LogP contribution in [0.25, 0.3) is 11.3 Å². The van der Waals surface area contributed by atoms with E-state index in [0.717, 1.165) is 33.6 Å². The highest BCUT2D eigenvalue weighted by Crippen LogP contribution is 2.43. The van der Waals surface area contributed by atoms with E-state index >= 15 is 8.78 Å². The largest absolute Gasteiger partial charge is 0.445 e. The molecule has 3 fully saturated rings. The fourth-order valence-electron chi connectivity index (χ4n) is 11.0. The van der Waals surface area contributed by atoms with Crippen LogP contribution in [0, 0.1) is 29.4 Å². The molecule has 21 nitrogen and oxygen atoms in total. The zero-order valence-corrected chi connectivity index (χ0v) is 45.6. The van der Waals surface area contributed by atoms with Gasteiger partial charge in [0.05, 0.1) is 24.3 Å². The number of imide groups is 1. The van der Waals surface area contributed by atoms with Crippen LogP contribution in [0.4, 0.5) is 28.4 Å². The summed E-state index contributed by atoms with van der Waals surface area (Å²) in [5.74, 6) is -5.94. The van der Waals surface area contributed by atoms with Crippen molar-refractivity contribution in [2.75, 3.05) is 44.7 Å². The van der Waals surface area contributed by atoms with Crippen LogP contribution < -0.4 is 27.0 Å². The number of aromatic nitrogens is 2. The van der Waals surface area contributed by atoms with Crippen LogP contribution in [0.1, 0.15) is 88.2 Å². The molecule has 2 unspecified atom stereocenters. The molecule has 4 aliphatic rings. The number of unbranched alkanes of at least 4 members (excludes halogenated alkanes) is 2. The summed E-state index contributed by atoms with van der Waals surface area (Å²) < 4.78 is 59.4. The van der Waals surface area contributed by atoms with Crippen molar-refractivity contribution < 1.29 is 66.1 Å². The van der Waals surface area contributed by atoms with Crippen molar-refractivity contribution in [3.63, 3.8) is 0 Å². The number of benzene rings is 3. The molecule has 438 valence electrons. The van der Waals surface area contributed by atoms with E-state index in [1.807, 2.05) is 30.3 Å². The third-order valence-corrected chi connectivity index (χ3v) is 15.3. The van der Waals surface area contributed by atoms with Gasteiger partial charge in [-0.25, -0.2) is 27.7 Å². The maximum atomic E-state index is 16.4. The number of anilines is 1. The number of urea groups is 1. The standard InChI is InChI=1S/C58H69F3N10O11/c1-34(2)49(67-46(72)13-7-4-8-25-69-47(73)20-21-48(69)74)55(77)66-44(12-9-24-63-57(62)79)54(76)64-39-17-14-36(15-18-39)33-82-58(80)71-31-43(61)41-30-70(56(78)52(75)51(41)71)50(37-22-26-81-27-23-37)53-65-45(40-28-38(59)16-19-42(40)60)32-68(53)29-35-10-5-3-6-11-35/h3,5-6,10-11,14-21,28,32,34,37,41,43-44,49-52,75H,4,7-9,12-13,22-27,29-31,33H2,1-2H3,(H,64,76)(H,66,77)(H,67,72)(H3,62,63,79)/t41-,43-,44-,49?,50+,51-,52?/m0/s1. The van der Waals surface area contributed by atoms with Crippen molar-refractivity contribution in [1.29, 1.82) is 0 Å². The SMILES string of the molecule is CC(C)C(NC(=O)CCCCCN1C(=O)C=CC1=O)C(=O)N[C@@H](CCCNC(N)=O)C(=O)Nc1ccc(COC(=O)N2C[C@H](F)[C@@H]3CN([C@@H](c4nc(-c5cc(F)ccc5F)cn4Cc4ccccc4)C4CCOCC4)C(=O)C(O)[C@H]32)cc1. The van der Waals surface area contributed by atoms with Gasteiger partial charge in [0, 0.05) is 81.3 Å². The molecule has 5 heterocycles. The Balaban J connectivity index is 0.892. The number of hydrogen-bond donors (Lipinski definition) is 6. The second-order valence-corrected chi connectivity index (χ2v) is 21.4. The highest BCUT2D eigenvalue weighted by molar-refractivity contribution is 6.12. The van der Waals surface area contributed by atoms with Gasteiger partial charge >= 0.3 is 12.1 Å². The molecule has 82 heavy (non-hydrogen) atoms. The molecule has 3 aromatic carbocycles. The van der Waals surface area contributed by atoms with Gasteiger partial charge in [0.25, 0.3) is 17.7 Å². The van der Waals surface area contributed by atoms with E-state index in [0.29, 0.717) is 62.4 Å². The van der Waals surface area contributed by atoms with Crippen LogP contribution in [-0.4, -0.2) is 147 Å². The van der Waals surface area contributed by atoms with Gasteiger partial charge in [0.2, 0.25) is 17.7 Å². The van der Waals surface area contributed by atoms with Gasteiger partial charge in [0.1, 0.15) is 42.3 Å². The molecule has 0 spiro atoms. The van der Waals surface area contributed by atoms with E-state index in [4.69, 9.17) is 20.2 Å². The highest BCUT2D eigenvalue weighted by atomic mass is 19.1. The summed E-state index contributed by atoms with van der Waals surface area (Å²) in [7, 11) is 0. The first-order chi connectivity index (χ1) is 39.4. The Morgan fingerprint density at radius 1 is 0.866 bits per heavy atom. The molecule has 7 atom stereocenters. The Bertz CT molecular complexity index is 2980. The summed E-state index contributed by atoms with van der Waals surface area (Å²) in [6.45, 7) is 3.75. The zero-order chi connectivity index (χ0) is 58.6. The van der Waals surface area contributed by atoms with Crippen molar-refractivity contribution in [2.45, 2.75) is 115 Å². The second-order valence-electron chi connectivity index (χ2n) is 21.4. The number of nitrogens with two attached hydrogens (primary N) is 1. The smallest absolute Gasteiger partial charge is 0.410 e. The molecule has 1 aromatic heterocycles. The Morgan fingerprint density at radius 2 is 1.59 bits per heavy atom. The Kier molecular flexibility index (Phi) is 20.2. The van der Waals surface area contributed by atoms with Gasteiger partial charge < -0.3 is 51.0 Å². The fraction of sp³-hybridized carbons (Fsp3) is 0.466. The number of hydrogen-bond acceptors (Lipinski definition) is 12. The maximum absolute atomic E-state index is 16.4. The molecule has 7 N–H and O–H groups in total. The summed E-state index contributed by atoms with van der Waals surface area (Å²) in [6.07, 6.45) is 2.30. The number of carbonyl (C=O) groups excluding carboxylic acids is 8. The predicted octanol–water partition coefficient (Wildman–Crippen LogP) is 5.02. The van der Waals surface area contributed by atoms with Gasteiger partial charge in [-0.1, -0.05) is 62.7 Å². The lowest BCUT2D eigenvalue weighted by molar-refractivity contribution is -0.157. The number of imidazole rings is 1. The lowest BCUT2D eigenvalue weighted by Gasteiger charge is -2.46. The van der Waals surface area contributed by atoms with E-state index in [2.05, 4.69) is 21.3 Å². The minimum atomic E-state index is -1.87. The number of primary amides is 1. The van der Waals surface area contributed by atoms with E-state index in [1.165, 1.54) is 29.2 Å². The first-order valence-electron chi connectivity index (χ1n) is 27.6. The number of nitrogens with zero attached hydrogens (tertiary/aromatic N) is 5. The van der Waals surface area contributed by atoms with Gasteiger partial charge in [-0.15, -0.1) is 0 Å². The number of aliphatic hydroxyl groups is 1. The third-order valence-electron chi connectivity index (χ3n) is 15.3. The lowest BCUT2D eigenvalue weighted by Crippen LogP contribution is -2.61. The van der Waals surface area contributed by atoms with Crippen molar-refractivity contribution in [3.8, 4) is 11.3 Å². The van der Waals surface area contributed by atoms with Crippen molar-refractivity contribution in [1.82, 2.24) is 40.2 Å². The number of nitrogens with one attached hydrogen (secondary N) is 4. The molecule has 0 radical (unpaired) electrons. The summed E-state index contributed by atoms with van der Waals surface area (Å²) in [5.41, 5.74) is 6.86. The third kappa shape index (κ3) is 14.9. The number of piperidine rings is 1. The lowest BCUT2D eigenvalue weighted by atomic mass is 9.84. The van der Waals surface area contributed by atoms with E-state index in [-0.39, 0.29) is 87.0 Å². The Morgan fingerprint density at radius 3 is 2.28 bits per heavy atom. The minimum absolute atomic E-state index is 0.0659. The molecule has 8 rings (SSSR count). The number of alkyl halides is 1. The summed E-state index contributed by atoms with van der Waals surface area (Å²) >= 11 is 0. The van der Waals surface area contributed by atoms with Crippen molar-refractivity contribution >= 4 is 53.3 Å². The molecule has 0 aliphatic carbocycles. The van der Waals surface area contributed by atoms with Crippen LogP contribution >= 0.6 is 0 Å². The number of aliphatic hydroxyl groups excluding tert-OH is 1. The second kappa shape index (κ2) is 27.6. The van der Waals surface area contributed by atoms with Crippen LogP contribution in [0.5, 0.6) is 0 Å². The highest BCUT2D eigenvalue weighted by Gasteiger charge is 2.57. The Hall–Kier alpha value is -8.12. The van der Waals surface area contributed by atoms with Crippen LogP contribution in [-0.2, 0) is 51.4 Å². The molecular formula is C58H69F3N10O11. The molecule has 9 amide bonds. The first kappa shape index (κ1) is 60.0. The van der Waals surface area contributed by atoms with Gasteiger partial charge in [-0.05, 0) is 91.8 Å². The average Bonchev–Trinajstić information content (AvgIpc) is 4.34. The first-order valence-corrected chi connectivity index (χ1v) is 27.6. The summed E-state index contributed by atoms with van der Waals surface area (Å²) in [6, 6.07) is 13.5. The van der Waals surface area contributed by atoms with E-state index in [9.17, 15) is 47.9 Å². The maximum Gasteiger partial charge on any atom is 0.410 e. The van der Waals surface area contributed by atoms with Gasteiger partial charge in [-0.3, -0.25) is 38.6 Å².